The van der Waals surface area contributed by atoms with Crippen LogP contribution in [-0.2, 0) is 17.8 Å². The summed E-state index contributed by atoms with van der Waals surface area (Å²) in [5.74, 6) is -0.298. The van der Waals surface area contributed by atoms with Gasteiger partial charge in [0, 0.05) is 17.3 Å². The molecule has 0 spiro atoms. The Morgan fingerprint density at radius 3 is 2.24 bits per heavy atom. The van der Waals surface area contributed by atoms with Crippen molar-refractivity contribution in [2.75, 3.05) is 5.32 Å². The third-order valence-electron chi connectivity index (χ3n) is 3.45. The van der Waals surface area contributed by atoms with Crippen molar-refractivity contribution in [3.05, 3.63) is 63.7 Å². The fourth-order valence-corrected chi connectivity index (χ4v) is 2.54. The zero-order valence-corrected chi connectivity index (χ0v) is 13.0. The quantitative estimate of drug-likeness (QED) is 0.886. The van der Waals surface area contributed by atoms with Gasteiger partial charge in [0.25, 0.3) is 0 Å². The molecule has 0 aromatic heterocycles. The molecule has 0 aliphatic rings. The number of rotatable bonds is 5. The van der Waals surface area contributed by atoms with Crippen molar-refractivity contribution in [1.82, 2.24) is 0 Å². The fraction of sp³-hybridized carbons (Fsp3) is 0.235. The molecule has 3 nitrogen and oxygen atoms in total. The number of halogens is 1. The maximum absolute atomic E-state index is 11.1. The van der Waals surface area contributed by atoms with Crippen LogP contribution in [0.4, 0.5) is 5.69 Å². The van der Waals surface area contributed by atoms with Gasteiger partial charge in [-0.2, -0.15) is 0 Å². The Morgan fingerprint density at radius 1 is 1.14 bits per heavy atom. The van der Waals surface area contributed by atoms with E-state index in [4.69, 9.17) is 17.3 Å². The predicted octanol–water partition coefficient (Wildman–Crippen LogP) is 3.60. The molecule has 0 bridgehead atoms. The standard InChI is InChI=1S/C17H19ClN2O/c1-11-7-13(8-12(2)16(11)9-17(19)21)10-20-15-5-3-14(18)4-6-15/h3-8,20H,9-10H2,1-2H3,(H2,19,21). The normalized spacial score (nSPS) is 10.4. The number of carbonyl (C=O) groups is 1. The third-order valence-corrected chi connectivity index (χ3v) is 3.70. The summed E-state index contributed by atoms with van der Waals surface area (Å²) in [5.41, 5.74) is 10.7. The van der Waals surface area contributed by atoms with Crippen molar-refractivity contribution in [2.24, 2.45) is 5.73 Å². The molecule has 0 saturated heterocycles. The van der Waals surface area contributed by atoms with Crippen molar-refractivity contribution in [3.63, 3.8) is 0 Å². The number of carbonyl (C=O) groups excluding carboxylic acids is 1. The lowest BCUT2D eigenvalue weighted by Gasteiger charge is -2.13. The van der Waals surface area contributed by atoms with Crippen molar-refractivity contribution >= 4 is 23.2 Å². The highest BCUT2D eigenvalue weighted by Crippen LogP contribution is 2.19. The monoisotopic (exact) mass is 302 g/mol. The number of primary amides is 1. The summed E-state index contributed by atoms with van der Waals surface area (Å²) < 4.78 is 0. The average molecular weight is 303 g/mol. The first kappa shape index (κ1) is 15.4. The van der Waals surface area contributed by atoms with Crippen molar-refractivity contribution in [2.45, 2.75) is 26.8 Å². The second-order valence-electron chi connectivity index (χ2n) is 5.21. The molecule has 3 N–H and O–H groups in total. The molecular formula is C17H19ClN2O. The van der Waals surface area contributed by atoms with E-state index in [-0.39, 0.29) is 5.91 Å². The molecule has 2 aromatic carbocycles. The number of nitrogens with two attached hydrogens (primary N) is 1. The summed E-state index contributed by atoms with van der Waals surface area (Å²) in [4.78, 5) is 11.1. The highest BCUT2D eigenvalue weighted by atomic mass is 35.5. The van der Waals surface area contributed by atoms with E-state index in [1.54, 1.807) is 0 Å². The summed E-state index contributed by atoms with van der Waals surface area (Å²) in [7, 11) is 0. The van der Waals surface area contributed by atoms with Gasteiger partial charge >= 0.3 is 0 Å². The smallest absolute Gasteiger partial charge is 0.221 e. The molecule has 0 aliphatic carbocycles. The number of anilines is 1. The Morgan fingerprint density at radius 2 is 1.71 bits per heavy atom. The summed E-state index contributed by atoms with van der Waals surface area (Å²) >= 11 is 5.86. The molecule has 1 amide bonds. The molecule has 110 valence electrons. The van der Waals surface area contributed by atoms with Gasteiger partial charge in [0.05, 0.1) is 6.42 Å². The molecule has 2 aromatic rings. The number of nitrogens with one attached hydrogen (secondary N) is 1. The Bertz CT molecular complexity index is 627. The van der Waals surface area contributed by atoms with Crippen molar-refractivity contribution in [1.29, 1.82) is 0 Å². The van der Waals surface area contributed by atoms with Gasteiger partial charge < -0.3 is 11.1 Å². The van der Waals surface area contributed by atoms with Crippen LogP contribution in [0.3, 0.4) is 0 Å². The summed E-state index contributed by atoms with van der Waals surface area (Å²) in [6.07, 6.45) is 0.294. The van der Waals surface area contributed by atoms with E-state index in [2.05, 4.69) is 17.4 Å². The lowest BCUT2D eigenvalue weighted by Crippen LogP contribution is -2.15. The van der Waals surface area contributed by atoms with E-state index in [1.807, 2.05) is 38.1 Å². The Kier molecular flexibility index (Phi) is 4.86. The van der Waals surface area contributed by atoms with Crippen LogP contribution in [-0.4, -0.2) is 5.91 Å². The predicted molar refractivity (Wildman–Crippen MR) is 87.6 cm³/mol. The van der Waals surface area contributed by atoms with E-state index in [0.717, 1.165) is 33.9 Å². The van der Waals surface area contributed by atoms with E-state index >= 15 is 0 Å². The summed E-state index contributed by atoms with van der Waals surface area (Å²) in [6, 6.07) is 11.8. The topological polar surface area (TPSA) is 55.1 Å². The molecule has 0 atom stereocenters. The summed E-state index contributed by atoms with van der Waals surface area (Å²) in [6.45, 7) is 4.74. The van der Waals surface area contributed by atoms with E-state index in [9.17, 15) is 4.79 Å². The van der Waals surface area contributed by atoms with E-state index in [1.165, 1.54) is 5.56 Å². The van der Waals surface area contributed by atoms with Crippen LogP contribution in [0.2, 0.25) is 5.02 Å². The first-order chi connectivity index (χ1) is 9.95. The number of aryl methyl sites for hydroxylation is 2. The van der Waals surface area contributed by atoms with Crippen LogP contribution in [0.1, 0.15) is 22.3 Å². The maximum Gasteiger partial charge on any atom is 0.221 e. The average Bonchev–Trinajstić information content (AvgIpc) is 2.42. The Labute approximate surface area is 130 Å². The molecular weight excluding hydrogens is 284 g/mol. The van der Waals surface area contributed by atoms with Gasteiger partial charge in [0.15, 0.2) is 0 Å². The van der Waals surface area contributed by atoms with E-state index < -0.39 is 0 Å². The van der Waals surface area contributed by atoms with Gasteiger partial charge in [-0.3, -0.25) is 4.79 Å². The number of hydrogen-bond acceptors (Lipinski definition) is 2. The highest BCUT2D eigenvalue weighted by Gasteiger charge is 2.08. The van der Waals surface area contributed by atoms with Gasteiger partial charge in [0.2, 0.25) is 5.91 Å². The molecule has 0 unspecified atom stereocenters. The second-order valence-corrected chi connectivity index (χ2v) is 5.65. The van der Waals surface area contributed by atoms with Crippen LogP contribution in [0, 0.1) is 13.8 Å². The molecule has 0 radical (unpaired) electrons. The van der Waals surface area contributed by atoms with E-state index in [0.29, 0.717) is 6.42 Å². The van der Waals surface area contributed by atoms with Crippen molar-refractivity contribution in [3.8, 4) is 0 Å². The molecule has 0 fully saturated rings. The van der Waals surface area contributed by atoms with Gasteiger partial charge in [-0.15, -0.1) is 0 Å². The first-order valence-corrected chi connectivity index (χ1v) is 7.20. The molecule has 2 rings (SSSR count). The van der Waals surface area contributed by atoms with Crippen molar-refractivity contribution < 1.29 is 4.79 Å². The Balaban J connectivity index is 2.10. The SMILES string of the molecule is Cc1cc(CNc2ccc(Cl)cc2)cc(C)c1CC(N)=O. The molecule has 4 heteroatoms. The van der Waals surface area contributed by atoms with Gasteiger partial charge in [0.1, 0.15) is 0 Å². The zero-order valence-electron chi connectivity index (χ0n) is 12.2. The maximum atomic E-state index is 11.1. The van der Waals surface area contributed by atoms with Crippen LogP contribution in [0.15, 0.2) is 36.4 Å². The minimum absolute atomic E-state index is 0.294. The lowest BCUT2D eigenvalue weighted by atomic mass is 9.96. The molecule has 21 heavy (non-hydrogen) atoms. The number of benzene rings is 2. The van der Waals surface area contributed by atoms with Crippen LogP contribution >= 0.6 is 11.6 Å². The second kappa shape index (κ2) is 6.64. The Hall–Kier alpha value is -2.00. The van der Waals surface area contributed by atoms with Crippen LogP contribution in [0.5, 0.6) is 0 Å². The molecule has 0 saturated carbocycles. The molecule has 0 heterocycles. The largest absolute Gasteiger partial charge is 0.381 e. The third kappa shape index (κ3) is 4.23. The zero-order chi connectivity index (χ0) is 15.4. The number of amides is 1. The van der Waals surface area contributed by atoms with Gasteiger partial charge in [-0.25, -0.2) is 0 Å². The van der Waals surface area contributed by atoms with Crippen LogP contribution < -0.4 is 11.1 Å². The van der Waals surface area contributed by atoms with Gasteiger partial charge in [-0.05, 0) is 60.4 Å². The minimum Gasteiger partial charge on any atom is -0.381 e. The van der Waals surface area contributed by atoms with Gasteiger partial charge in [-0.1, -0.05) is 23.7 Å². The minimum atomic E-state index is -0.298. The lowest BCUT2D eigenvalue weighted by molar-refractivity contribution is -0.117. The van der Waals surface area contributed by atoms with Crippen LogP contribution in [0.25, 0.3) is 0 Å². The molecule has 0 aliphatic heterocycles. The highest BCUT2D eigenvalue weighted by molar-refractivity contribution is 6.30. The first-order valence-electron chi connectivity index (χ1n) is 6.82. The fourth-order valence-electron chi connectivity index (χ4n) is 2.41. The summed E-state index contributed by atoms with van der Waals surface area (Å²) in [5, 5.41) is 4.08. The number of hydrogen-bond donors (Lipinski definition) is 2.